The molecule has 0 aliphatic heterocycles. The summed E-state index contributed by atoms with van der Waals surface area (Å²) in [6, 6.07) is 3.82. The third-order valence-corrected chi connectivity index (χ3v) is 3.84. The summed E-state index contributed by atoms with van der Waals surface area (Å²) < 4.78 is 0. The number of aliphatic hydroxyl groups excluding tert-OH is 1. The fraction of sp³-hybridized carbons (Fsp3) is 0.308. The molecule has 3 nitrogen and oxygen atoms in total. The van der Waals surface area contributed by atoms with Crippen molar-refractivity contribution in [2.75, 3.05) is 6.54 Å². The predicted molar refractivity (Wildman–Crippen MR) is 70.0 cm³/mol. The van der Waals surface area contributed by atoms with E-state index in [4.69, 9.17) is 5.73 Å². The van der Waals surface area contributed by atoms with Crippen molar-refractivity contribution in [1.82, 2.24) is 4.98 Å². The monoisotopic (exact) mass is 248 g/mol. The lowest BCUT2D eigenvalue weighted by Gasteiger charge is -2.21. The Morgan fingerprint density at radius 1 is 1.47 bits per heavy atom. The SMILES string of the molecule is Cc1cscc1C(O)C(CN)c1cccnc1. The minimum Gasteiger partial charge on any atom is -0.388 e. The number of aromatic nitrogens is 1. The third kappa shape index (κ3) is 2.54. The Morgan fingerprint density at radius 2 is 2.29 bits per heavy atom. The minimum absolute atomic E-state index is 0.100. The highest BCUT2D eigenvalue weighted by atomic mass is 32.1. The molecule has 0 aliphatic rings. The fourth-order valence-electron chi connectivity index (χ4n) is 1.93. The highest BCUT2D eigenvalue weighted by Gasteiger charge is 2.23. The summed E-state index contributed by atoms with van der Waals surface area (Å²) in [6.07, 6.45) is 2.93. The largest absolute Gasteiger partial charge is 0.388 e. The Hall–Kier alpha value is -1.23. The summed E-state index contributed by atoms with van der Waals surface area (Å²) in [5, 5.41) is 14.4. The molecule has 90 valence electrons. The predicted octanol–water partition coefficient (Wildman–Crippen LogP) is 2.23. The van der Waals surface area contributed by atoms with E-state index in [2.05, 4.69) is 4.98 Å². The average Bonchev–Trinajstić information content (AvgIpc) is 2.77. The Bertz CT molecular complexity index is 469. The van der Waals surface area contributed by atoms with Crippen molar-refractivity contribution in [2.24, 2.45) is 5.73 Å². The van der Waals surface area contributed by atoms with E-state index in [1.807, 2.05) is 29.8 Å². The van der Waals surface area contributed by atoms with Gasteiger partial charge in [-0.15, -0.1) is 0 Å². The van der Waals surface area contributed by atoms with E-state index in [9.17, 15) is 5.11 Å². The van der Waals surface area contributed by atoms with E-state index in [0.29, 0.717) is 6.54 Å². The van der Waals surface area contributed by atoms with Crippen LogP contribution in [-0.4, -0.2) is 16.6 Å². The van der Waals surface area contributed by atoms with E-state index in [-0.39, 0.29) is 5.92 Å². The molecule has 2 unspecified atom stereocenters. The van der Waals surface area contributed by atoms with Crippen molar-refractivity contribution in [2.45, 2.75) is 18.9 Å². The first-order valence-corrected chi connectivity index (χ1v) is 6.49. The first-order valence-electron chi connectivity index (χ1n) is 5.54. The van der Waals surface area contributed by atoms with Gasteiger partial charge in [-0.3, -0.25) is 4.98 Å². The van der Waals surface area contributed by atoms with Crippen LogP contribution < -0.4 is 5.73 Å². The van der Waals surface area contributed by atoms with Gasteiger partial charge in [0.1, 0.15) is 0 Å². The van der Waals surface area contributed by atoms with Crippen molar-refractivity contribution in [1.29, 1.82) is 0 Å². The number of rotatable bonds is 4. The zero-order valence-corrected chi connectivity index (χ0v) is 10.5. The van der Waals surface area contributed by atoms with Gasteiger partial charge in [0, 0.05) is 24.9 Å². The molecule has 0 saturated heterocycles. The van der Waals surface area contributed by atoms with Crippen LogP contribution in [0.4, 0.5) is 0 Å². The van der Waals surface area contributed by atoms with Gasteiger partial charge < -0.3 is 10.8 Å². The third-order valence-electron chi connectivity index (χ3n) is 2.96. The maximum absolute atomic E-state index is 10.4. The molecular weight excluding hydrogens is 232 g/mol. The smallest absolute Gasteiger partial charge is 0.0881 e. The molecular formula is C13H16N2OS. The number of aliphatic hydroxyl groups is 1. The zero-order valence-electron chi connectivity index (χ0n) is 9.71. The van der Waals surface area contributed by atoms with Gasteiger partial charge in [0.25, 0.3) is 0 Å². The number of hydrogen-bond donors (Lipinski definition) is 2. The first-order chi connectivity index (χ1) is 8.24. The Labute approximate surface area is 105 Å². The highest BCUT2D eigenvalue weighted by Crippen LogP contribution is 2.32. The van der Waals surface area contributed by atoms with Crippen LogP contribution in [0.5, 0.6) is 0 Å². The molecule has 0 fully saturated rings. The summed E-state index contributed by atoms with van der Waals surface area (Å²) in [7, 11) is 0. The minimum atomic E-state index is -0.560. The van der Waals surface area contributed by atoms with Gasteiger partial charge in [0.15, 0.2) is 0 Å². The second kappa shape index (κ2) is 5.40. The average molecular weight is 248 g/mol. The van der Waals surface area contributed by atoms with Crippen molar-refractivity contribution < 1.29 is 5.11 Å². The molecule has 0 spiro atoms. The lowest BCUT2D eigenvalue weighted by atomic mass is 9.90. The van der Waals surface area contributed by atoms with Crippen molar-refractivity contribution in [3.8, 4) is 0 Å². The van der Waals surface area contributed by atoms with Crippen LogP contribution in [0.2, 0.25) is 0 Å². The Balaban J connectivity index is 2.28. The molecule has 2 atom stereocenters. The molecule has 0 amide bonds. The topological polar surface area (TPSA) is 59.1 Å². The molecule has 0 bridgehead atoms. The number of aryl methyl sites for hydroxylation is 1. The van der Waals surface area contributed by atoms with Gasteiger partial charge in [0.05, 0.1) is 6.10 Å². The number of nitrogens with two attached hydrogens (primary N) is 1. The number of pyridine rings is 1. The summed E-state index contributed by atoms with van der Waals surface area (Å²) in [5.41, 5.74) is 8.84. The molecule has 2 aromatic heterocycles. The van der Waals surface area contributed by atoms with Crippen LogP contribution in [-0.2, 0) is 0 Å². The quantitative estimate of drug-likeness (QED) is 0.872. The van der Waals surface area contributed by atoms with Crippen LogP contribution in [0.25, 0.3) is 0 Å². The number of thiophene rings is 1. The second-order valence-electron chi connectivity index (χ2n) is 4.08. The first kappa shape index (κ1) is 12.2. The second-order valence-corrected chi connectivity index (χ2v) is 4.83. The zero-order chi connectivity index (χ0) is 12.3. The molecule has 0 aliphatic carbocycles. The molecule has 0 saturated carbocycles. The van der Waals surface area contributed by atoms with Crippen molar-refractivity contribution in [3.05, 3.63) is 52.0 Å². The lowest BCUT2D eigenvalue weighted by molar-refractivity contribution is 0.147. The van der Waals surface area contributed by atoms with Gasteiger partial charge in [0.2, 0.25) is 0 Å². The van der Waals surface area contributed by atoms with Gasteiger partial charge in [-0.2, -0.15) is 11.3 Å². The van der Waals surface area contributed by atoms with Crippen LogP contribution in [0.3, 0.4) is 0 Å². The molecule has 2 aromatic rings. The van der Waals surface area contributed by atoms with Crippen LogP contribution >= 0.6 is 11.3 Å². The summed E-state index contributed by atoms with van der Waals surface area (Å²) >= 11 is 1.60. The molecule has 17 heavy (non-hydrogen) atoms. The van der Waals surface area contributed by atoms with Crippen LogP contribution in [0.15, 0.2) is 35.3 Å². The molecule has 2 heterocycles. The molecule has 0 aromatic carbocycles. The maximum Gasteiger partial charge on any atom is 0.0881 e. The van der Waals surface area contributed by atoms with E-state index in [1.54, 1.807) is 23.7 Å². The van der Waals surface area contributed by atoms with Gasteiger partial charge in [-0.05, 0) is 40.4 Å². The lowest BCUT2D eigenvalue weighted by Crippen LogP contribution is -2.20. The molecule has 4 heteroatoms. The van der Waals surface area contributed by atoms with Crippen LogP contribution in [0.1, 0.15) is 28.7 Å². The Kier molecular flexibility index (Phi) is 3.89. The summed E-state index contributed by atoms with van der Waals surface area (Å²) in [4.78, 5) is 4.08. The van der Waals surface area contributed by atoms with Crippen molar-refractivity contribution in [3.63, 3.8) is 0 Å². The number of hydrogen-bond acceptors (Lipinski definition) is 4. The van der Waals surface area contributed by atoms with Gasteiger partial charge >= 0.3 is 0 Å². The maximum atomic E-state index is 10.4. The van der Waals surface area contributed by atoms with E-state index >= 15 is 0 Å². The van der Waals surface area contributed by atoms with E-state index in [0.717, 1.165) is 16.7 Å². The normalized spacial score (nSPS) is 14.5. The summed E-state index contributed by atoms with van der Waals surface area (Å²) in [5.74, 6) is -0.100. The van der Waals surface area contributed by atoms with Crippen molar-refractivity contribution >= 4 is 11.3 Å². The highest BCUT2D eigenvalue weighted by molar-refractivity contribution is 7.08. The van der Waals surface area contributed by atoms with E-state index < -0.39 is 6.10 Å². The molecule has 0 radical (unpaired) electrons. The van der Waals surface area contributed by atoms with Gasteiger partial charge in [-0.25, -0.2) is 0 Å². The Morgan fingerprint density at radius 3 is 2.82 bits per heavy atom. The van der Waals surface area contributed by atoms with Crippen LogP contribution in [0, 0.1) is 6.92 Å². The number of nitrogens with zero attached hydrogens (tertiary/aromatic N) is 1. The fourth-order valence-corrected chi connectivity index (χ4v) is 2.81. The van der Waals surface area contributed by atoms with Gasteiger partial charge in [-0.1, -0.05) is 6.07 Å². The standard InChI is InChI=1S/C13H16N2OS/c1-9-7-17-8-12(9)13(16)11(5-14)10-3-2-4-15-6-10/h2-4,6-8,11,13,16H,5,14H2,1H3. The van der Waals surface area contributed by atoms with E-state index in [1.165, 1.54) is 0 Å². The molecule has 2 rings (SSSR count). The molecule has 3 N–H and O–H groups in total. The summed E-state index contributed by atoms with van der Waals surface area (Å²) in [6.45, 7) is 2.41.